The number of amides is 1. The molecule has 4 nitrogen and oxygen atoms in total. The van der Waals surface area contributed by atoms with E-state index in [1.165, 1.54) is 0 Å². The van der Waals surface area contributed by atoms with E-state index in [0.717, 1.165) is 45.7 Å². The molecule has 0 aromatic carbocycles. The fourth-order valence-corrected chi connectivity index (χ4v) is 1.94. The molecule has 0 aromatic heterocycles. The Kier molecular flexibility index (Phi) is 5.05. The largest absolute Gasteiger partial charge is 0.343 e. The van der Waals surface area contributed by atoms with Gasteiger partial charge in [0.25, 0.3) is 0 Å². The standard InChI is InChI=1S/C11H23N3O/c1-10(2)11(7-12)8-13-3-5-14(9-15)6-4-13/h9-11H,3-8,12H2,1-2H3. The lowest BCUT2D eigenvalue weighted by Crippen LogP contribution is -2.48. The van der Waals surface area contributed by atoms with Crippen molar-refractivity contribution >= 4 is 6.41 Å². The van der Waals surface area contributed by atoms with Crippen molar-refractivity contribution in [2.75, 3.05) is 39.3 Å². The van der Waals surface area contributed by atoms with Crippen LogP contribution >= 0.6 is 0 Å². The number of nitrogens with two attached hydrogens (primary N) is 1. The van der Waals surface area contributed by atoms with E-state index < -0.39 is 0 Å². The monoisotopic (exact) mass is 213 g/mol. The molecule has 1 amide bonds. The van der Waals surface area contributed by atoms with E-state index in [2.05, 4.69) is 18.7 Å². The minimum atomic E-state index is 0.577. The van der Waals surface area contributed by atoms with Crippen LogP contribution in [0.3, 0.4) is 0 Å². The Balaban J connectivity index is 2.31. The molecular weight excluding hydrogens is 190 g/mol. The van der Waals surface area contributed by atoms with E-state index in [1.807, 2.05) is 4.90 Å². The minimum Gasteiger partial charge on any atom is -0.343 e. The van der Waals surface area contributed by atoms with E-state index in [9.17, 15) is 4.79 Å². The Labute approximate surface area is 92.4 Å². The molecule has 2 N–H and O–H groups in total. The number of hydrogen-bond acceptors (Lipinski definition) is 3. The summed E-state index contributed by atoms with van der Waals surface area (Å²) >= 11 is 0. The Bertz CT molecular complexity index is 188. The maximum absolute atomic E-state index is 10.5. The van der Waals surface area contributed by atoms with Crippen molar-refractivity contribution in [1.29, 1.82) is 0 Å². The zero-order valence-corrected chi connectivity index (χ0v) is 9.85. The van der Waals surface area contributed by atoms with E-state index in [0.29, 0.717) is 11.8 Å². The van der Waals surface area contributed by atoms with Gasteiger partial charge in [-0.1, -0.05) is 13.8 Å². The van der Waals surface area contributed by atoms with Crippen LogP contribution < -0.4 is 5.73 Å². The molecule has 1 unspecified atom stereocenters. The van der Waals surface area contributed by atoms with Crippen LogP contribution in [0.2, 0.25) is 0 Å². The van der Waals surface area contributed by atoms with Gasteiger partial charge in [-0.3, -0.25) is 9.69 Å². The maximum atomic E-state index is 10.5. The van der Waals surface area contributed by atoms with Gasteiger partial charge >= 0.3 is 0 Å². The van der Waals surface area contributed by atoms with Crippen LogP contribution in [0, 0.1) is 11.8 Å². The highest BCUT2D eigenvalue weighted by molar-refractivity contribution is 5.47. The number of nitrogens with zero attached hydrogens (tertiary/aromatic N) is 2. The van der Waals surface area contributed by atoms with Crippen LogP contribution in [0.5, 0.6) is 0 Å². The fraction of sp³-hybridized carbons (Fsp3) is 0.909. The lowest BCUT2D eigenvalue weighted by atomic mass is 9.95. The van der Waals surface area contributed by atoms with Crippen molar-refractivity contribution in [1.82, 2.24) is 9.80 Å². The van der Waals surface area contributed by atoms with Gasteiger partial charge in [0.15, 0.2) is 0 Å². The van der Waals surface area contributed by atoms with Gasteiger partial charge in [0.1, 0.15) is 0 Å². The van der Waals surface area contributed by atoms with Crippen LogP contribution in [0.15, 0.2) is 0 Å². The molecule has 0 saturated carbocycles. The van der Waals surface area contributed by atoms with E-state index in [-0.39, 0.29) is 0 Å². The molecule has 0 aromatic rings. The van der Waals surface area contributed by atoms with Crippen LogP contribution in [0.1, 0.15) is 13.8 Å². The number of rotatable bonds is 5. The Hall–Kier alpha value is -0.610. The first-order valence-electron chi connectivity index (χ1n) is 5.79. The molecule has 0 radical (unpaired) electrons. The first-order chi connectivity index (χ1) is 7.17. The van der Waals surface area contributed by atoms with Gasteiger partial charge in [-0.25, -0.2) is 0 Å². The quantitative estimate of drug-likeness (QED) is 0.654. The SMILES string of the molecule is CC(C)C(CN)CN1CCN(C=O)CC1. The van der Waals surface area contributed by atoms with Gasteiger partial charge < -0.3 is 10.6 Å². The van der Waals surface area contributed by atoms with Crippen molar-refractivity contribution in [3.05, 3.63) is 0 Å². The van der Waals surface area contributed by atoms with Crippen LogP contribution in [0.4, 0.5) is 0 Å². The van der Waals surface area contributed by atoms with E-state index in [1.54, 1.807) is 0 Å². The van der Waals surface area contributed by atoms with Crippen LogP contribution in [-0.4, -0.2) is 55.5 Å². The Morgan fingerprint density at radius 2 is 1.87 bits per heavy atom. The Morgan fingerprint density at radius 1 is 1.27 bits per heavy atom. The molecule has 0 spiro atoms. The molecule has 1 heterocycles. The molecular formula is C11H23N3O. The summed E-state index contributed by atoms with van der Waals surface area (Å²) in [6, 6.07) is 0. The number of carbonyl (C=O) groups is 1. The summed E-state index contributed by atoms with van der Waals surface area (Å²) in [7, 11) is 0. The number of hydrogen-bond donors (Lipinski definition) is 1. The summed E-state index contributed by atoms with van der Waals surface area (Å²) in [5, 5.41) is 0. The molecule has 1 fully saturated rings. The summed E-state index contributed by atoms with van der Waals surface area (Å²) in [4.78, 5) is 14.8. The lowest BCUT2D eigenvalue weighted by Gasteiger charge is -2.35. The highest BCUT2D eigenvalue weighted by Crippen LogP contribution is 2.12. The molecule has 1 atom stereocenters. The molecule has 1 aliphatic heterocycles. The predicted molar refractivity (Wildman–Crippen MR) is 61.5 cm³/mol. The summed E-state index contributed by atoms with van der Waals surface area (Å²) in [5.41, 5.74) is 5.75. The average molecular weight is 213 g/mol. The van der Waals surface area contributed by atoms with Crippen molar-refractivity contribution < 1.29 is 4.79 Å². The van der Waals surface area contributed by atoms with Crippen molar-refractivity contribution in [2.45, 2.75) is 13.8 Å². The third-order valence-corrected chi connectivity index (χ3v) is 3.29. The highest BCUT2D eigenvalue weighted by Gasteiger charge is 2.20. The lowest BCUT2D eigenvalue weighted by molar-refractivity contribution is -0.119. The first kappa shape index (κ1) is 12.5. The van der Waals surface area contributed by atoms with Gasteiger partial charge in [0.05, 0.1) is 0 Å². The number of carbonyl (C=O) groups excluding carboxylic acids is 1. The molecule has 1 saturated heterocycles. The Morgan fingerprint density at radius 3 is 2.27 bits per heavy atom. The highest BCUT2D eigenvalue weighted by atomic mass is 16.1. The van der Waals surface area contributed by atoms with Gasteiger partial charge in [-0.15, -0.1) is 0 Å². The molecule has 0 aliphatic carbocycles. The maximum Gasteiger partial charge on any atom is 0.209 e. The third-order valence-electron chi connectivity index (χ3n) is 3.29. The predicted octanol–water partition coefficient (Wildman–Crippen LogP) is -0.00870. The normalized spacial score (nSPS) is 20.7. The van der Waals surface area contributed by atoms with Crippen molar-refractivity contribution in [3.8, 4) is 0 Å². The smallest absolute Gasteiger partial charge is 0.209 e. The second kappa shape index (κ2) is 6.08. The summed E-state index contributed by atoms with van der Waals surface area (Å²) in [6.07, 6.45) is 0.945. The summed E-state index contributed by atoms with van der Waals surface area (Å²) in [5.74, 6) is 1.21. The summed E-state index contributed by atoms with van der Waals surface area (Å²) in [6.45, 7) is 9.96. The molecule has 0 bridgehead atoms. The number of piperazine rings is 1. The van der Waals surface area contributed by atoms with E-state index in [4.69, 9.17) is 5.73 Å². The molecule has 88 valence electrons. The molecule has 1 rings (SSSR count). The first-order valence-corrected chi connectivity index (χ1v) is 5.79. The zero-order chi connectivity index (χ0) is 11.3. The van der Waals surface area contributed by atoms with E-state index >= 15 is 0 Å². The van der Waals surface area contributed by atoms with Crippen LogP contribution in [-0.2, 0) is 4.79 Å². The minimum absolute atomic E-state index is 0.577. The third kappa shape index (κ3) is 3.80. The fourth-order valence-electron chi connectivity index (χ4n) is 1.94. The second-order valence-electron chi connectivity index (χ2n) is 4.68. The molecule has 1 aliphatic rings. The van der Waals surface area contributed by atoms with Gasteiger partial charge in [0, 0.05) is 32.7 Å². The molecule has 4 heteroatoms. The van der Waals surface area contributed by atoms with Crippen LogP contribution in [0.25, 0.3) is 0 Å². The molecule has 15 heavy (non-hydrogen) atoms. The van der Waals surface area contributed by atoms with Crippen molar-refractivity contribution in [2.24, 2.45) is 17.6 Å². The second-order valence-corrected chi connectivity index (χ2v) is 4.68. The van der Waals surface area contributed by atoms with Gasteiger partial charge in [0.2, 0.25) is 6.41 Å². The van der Waals surface area contributed by atoms with Gasteiger partial charge in [-0.05, 0) is 18.4 Å². The average Bonchev–Trinajstić information content (AvgIpc) is 2.26. The zero-order valence-electron chi connectivity index (χ0n) is 9.85. The van der Waals surface area contributed by atoms with Gasteiger partial charge in [-0.2, -0.15) is 0 Å². The topological polar surface area (TPSA) is 49.6 Å². The summed E-state index contributed by atoms with van der Waals surface area (Å²) < 4.78 is 0. The van der Waals surface area contributed by atoms with Crippen molar-refractivity contribution in [3.63, 3.8) is 0 Å².